The van der Waals surface area contributed by atoms with Gasteiger partial charge in [0.25, 0.3) is 0 Å². The number of carbonyl (C=O) groups is 1. The van der Waals surface area contributed by atoms with Gasteiger partial charge in [-0.1, -0.05) is 0 Å². The van der Waals surface area contributed by atoms with Crippen LogP contribution >= 0.6 is 0 Å². The summed E-state index contributed by atoms with van der Waals surface area (Å²) in [6, 6.07) is 0. The summed E-state index contributed by atoms with van der Waals surface area (Å²) in [5, 5.41) is 17.7. The van der Waals surface area contributed by atoms with Gasteiger partial charge in [-0.2, -0.15) is 0 Å². The molecule has 1 aliphatic rings. The molecule has 0 aliphatic carbocycles. The van der Waals surface area contributed by atoms with Crippen molar-refractivity contribution in [3.63, 3.8) is 0 Å². The Hall–Kier alpha value is -2.22. The van der Waals surface area contributed by atoms with Crippen molar-refractivity contribution in [3.8, 4) is 0 Å². The predicted octanol–water partition coefficient (Wildman–Crippen LogP) is 1.51. The molecule has 0 spiro atoms. The molecule has 3 heterocycles. The Bertz CT molecular complexity index is 715. The Morgan fingerprint density at radius 2 is 2.08 bits per heavy atom. The fraction of sp³-hybridized carbons (Fsp3) is 0.647. The summed E-state index contributed by atoms with van der Waals surface area (Å²) in [5.41, 5.74) is 0. The number of piperidine rings is 1. The lowest BCUT2D eigenvalue weighted by Gasteiger charge is -2.31. The minimum absolute atomic E-state index is 0.213. The standard InChI is InChI=1S/C17H26N6O2/c1-3-23-15(12-22-11-7-18-13(22)2)19-20-17(23)14-4-8-21(9-5-14)10-6-16(24)25/h7,11,14H,3-6,8-10,12H2,1-2H3,(H,24,25). The van der Waals surface area contributed by atoms with Gasteiger partial charge in [-0.3, -0.25) is 4.79 Å². The summed E-state index contributed by atoms with van der Waals surface area (Å²) >= 11 is 0. The monoisotopic (exact) mass is 346 g/mol. The molecule has 0 amide bonds. The van der Waals surface area contributed by atoms with E-state index < -0.39 is 5.97 Å². The Balaban J connectivity index is 1.65. The molecule has 0 atom stereocenters. The molecule has 0 radical (unpaired) electrons. The van der Waals surface area contributed by atoms with E-state index in [1.54, 1.807) is 6.20 Å². The third-order valence-electron chi connectivity index (χ3n) is 5.00. The SMILES string of the molecule is CCn1c(Cn2ccnc2C)nnc1C1CCN(CCC(=O)O)CC1. The van der Waals surface area contributed by atoms with E-state index in [2.05, 4.69) is 36.1 Å². The molecule has 0 saturated carbocycles. The van der Waals surface area contributed by atoms with Crippen LogP contribution in [-0.4, -0.2) is 59.9 Å². The van der Waals surface area contributed by atoms with Crippen molar-refractivity contribution in [3.05, 3.63) is 29.9 Å². The zero-order valence-electron chi connectivity index (χ0n) is 14.9. The molecule has 136 valence electrons. The van der Waals surface area contributed by atoms with Crippen LogP contribution in [0.1, 0.15) is 49.6 Å². The summed E-state index contributed by atoms with van der Waals surface area (Å²) in [7, 11) is 0. The van der Waals surface area contributed by atoms with Crippen LogP contribution in [0.3, 0.4) is 0 Å². The van der Waals surface area contributed by atoms with Gasteiger partial charge in [0.05, 0.1) is 13.0 Å². The number of imidazole rings is 1. The molecule has 2 aromatic heterocycles. The quantitative estimate of drug-likeness (QED) is 0.817. The van der Waals surface area contributed by atoms with Crippen molar-refractivity contribution in [2.75, 3.05) is 19.6 Å². The fourth-order valence-corrected chi connectivity index (χ4v) is 3.50. The van der Waals surface area contributed by atoms with E-state index in [0.717, 1.165) is 49.9 Å². The first-order valence-electron chi connectivity index (χ1n) is 8.92. The van der Waals surface area contributed by atoms with Crippen molar-refractivity contribution in [2.24, 2.45) is 0 Å². The lowest BCUT2D eigenvalue weighted by atomic mass is 9.95. The second-order valence-corrected chi connectivity index (χ2v) is 6.58. The molecule has 1 N–H and O–H groups in total. The van der Waals surface area contributed by atoms with Gasteiger partial charge in [-0.05, 0) is 39.8 Å². The van der Waals surface area contributed by atoms with E-state index in [4.69, 9.17) is 5.11 Å². The number of hydrogen-bond donors (Lipinski definition) is 1. The summed E-state index contributed by atoms with van der Waals surface area (Å²) in [4.78, 5) is 17.2. The van der Waals surface area contributed by atoms with E-state index in [9.17, 15) is 4.79 Å². The highest BCUT2D eigenvalue weighted by Crippen LogP contribution is 2.27. The van der Waals surface area contributed by atoms with Crippen molar-refractivity contribution in [1.82, 2.24) is 29.2 Å². The molecule has 8 nitrogen and oxygen atoms in total. The second-order valence-electron chi connectivity index (χ2n) is 6.58. The van der Waals surface area contributed by atoms with E-state index in [0.29, 0.717) is 19.0 Å². The molecular weight excluding hydrogens is 320 g/mol. The van der Waals surface area contributed by atoms with Crippen molar-refractivity contribution >= 4 is 5.97 Å². The van der Waals surface area contributed by atoms with Gasteiger partial charge in [0, 0.05) is 31.4 Å². The summed E-state index contributed by atoms with van der Waals surface area (Å²) < 4.78 is 4.30. The molecule has 1 aliphatic heterocycles. The third-order valence-corrected chi connectivity index (χ3v) is 5.00. The van der Waals surface area contributed by atoms with Crippen LogP contribution in [0.4, 0.5) is 0 Å². The van der Waals surface area contributed by atoms with Gasteiger partial charge in [-0.25, -0.2) is 4.98 Å². The number of nitrogens with zero attached hydrogens (tertiary/aromatic N) is 6. The van der Waals surface area contributed by atoms with Crippen molar-refractivity contribution in [1.29, 1.82) is 0 Å². The van der Waals surface area contributed by atoms with Gasteiger partial charge in [0.2, 0.25) is 0 Å². The summed E-state index contributed by atoms with van der Waals surface area (Å²) in [6.45, 7) is 8.12. The highest BCUT2D eigenvalue weighted by molar-refractivity contribution is 5.66. The van der Waals surface area contributed by atoms with Gasteiger partial charge in [-0.15, -0.1) is 10.2 Å². The minimum atomic E-state index is -0.729. The molecule has 1 saturated heterocycles. The van der Waals surface area contributed by atoms with E-state index >= 15 is 0 Å². The Kier molecular flexibility index (Phi) is 5.47. The number of aliphatic carboxylic acids is 1. The first-order chi connectivity index (χ1) is 12.1. The average Bonchev–Trinajstić information content (AvgIpc) is 3.20. The van der Waals surface area contributed by atoms with E-state index in [1.807, 2.05) is 13.1 Å². The average molecular weight is 346 g/mol. The lowest BCUT2D eigenvalue weighted by molar-refractivity contribution is -0.137. The molecule has 0 unspecified atom stereocenters. The molecular formula is C17H26N6O2. The third kappa shape index (κ3) is 4.07. The maximum atomic E-state index is 10.7. The maximum absolute atomic E-state index is 10.7. The largest absolute Gasteiger partial charge is 0.481 e. The van der Waals surface area contributed by atoms with Gasteiger partial charge in [0.15, 0.2) is 5.82 Å². The number of likely N-dealkylation sites (tertiary alicyclic amines) is 1. The number of aromatic nitrogens is 5. The first-order valence-corrected chi connectivity index (χ1v) is 8.92. The van der Waals surface area contributed by atoms with Crippen LogP contribution in [0.2, 0.25) is 0 Å². The van der Waals surface area contributed by atoms with Crippen LogP contribution < -0.4 is 0 Å². The lowest BCUT2D eigenvalue weighted by Crippen LogP contribution is -2.35. The van der Waals surface area contributed by atoms with Crippen molar-refractivity contribution in [2.45, 2.75) is 52.1 Å². The molecule has 3 rings (SSSR count). The Morgan fingerprint density at radius 3 is 2.68 bits per heavy atom. The second kappa shape index (κ2) is 7.77. The zero-order valence-corrected chi connectivity index (χ0v) is 14.9. The predicted molar refractivity (Wildman–Crippen MR) is 92.4 cm³/mol. The molecule has 1 fully saturated rings. The molecule has 8 heteroatoms. The Morgan fingerprint density at radius 1 is 1.32 bits per heavy atom. The van der Waals surface area contributed by atoms with Gasteiger partial charge >= 0.3 is 5.97 Å². The maximum Gasteiger partial charge on any atom is 0.304 e. The number of aryl methyl sites for hydroxylation is 1. The first kappa shape index (κ1) is 17.6. The molecule has 25 heavy (non-hydrogen) atoms. The van der Waals surface area contributed by atoms with Gasteiger partial charge < -0.3 is 19.1 Å². The van der Waals surface area contributed by atoms with Crippen LogP contribution in [-0.2, 0) is 17.9 Å². The molecule has 0 bridgehead atoms. The highest BCUT2D eigenvalue weighted by atomic mass is 16.4. The molecule has 0 aromatic carbocycles. The van der Waals surface area contributed by atoms with E-state index in [-0.39, 0.29) is 6.42 Å². The zero-order chi connectivity index (χ0) is 17.8. The van der Waals surface area contributed by atoms with Crippen LogP contribution in [0.5, 0.6) is 0 Å². The highest BCUT2D eigenvalue weighted by Gasteiger charge is 2.26. The van der Waals surface area contributed by atoms with Crippen LogP contribution in [0, 0.1) is 6.92 Å². The number of carboxylic acid groups (broad SMARTS) is 1. The molecule has 2 aromatic rings. The van der Waals surface area contributed by atoms with Crippen LogP contribution in [0.15, 0.2) is 12.4 Å². The number of rotatable bonds is 7. The normalized spacial score (nSPS) is 16.4. The topological polar surface area (TPSA) is 89.1 Å². The number of hydrogen-bond acceptors (Lipinski definition) is 5. The van der Waals surface area contributed by atoms with Crippen LogP contribution in [0.25, 0.3) is 0 Å². The summed E-state index contributed by atoms with van der Waals surface area (Å²) in [5.74, 6) is 2.66. The van der Waals surface area contributed by atoms with Crippen molar-refractivity contribution < 1.29 is 9.90 Å². The van der Waals surface area contributed by atoms with E-state index in [1.165, 1.54) is 0 Å². The minimum Gasteiger partial charge on any atom is -0.481 e. The fourth-order valence-electron chi connectivity index (χ4n) is 3.50. The number of carboxylic acids is 1. The smallest absolute Gasteiger partial charge is 0.304 e. The Labute approximate surface area is 147 Å². The van der Waals surface area contributed by atoms with Gasteiger partial charge in [0.1, 0.15) is 11.6 Å². The summed E-state index contributed by atoms with van der Waals surface area (Å²) in [6.07, 6.45) is 5.98.